The number of amides is 2. The second-order valence-corrected chi connectivity index (χ2v) is 9.95. The lowest BCUT2D eigenvalue weighted by Crippen LogP contribution is -2.42. The molecule has 1 aliphatic heterocycles. The second kappa shape index (κ2) is 12.0. The summed E-state index contributed by atoms with van der Waals surface area (Å²) < 4.78 is 1.76. The first-order valence-corrected chi connectivity index (χ1v) is 13.0. The highest BCUT2D eigenvalue weighted by atomic mass is 16.2. The molecule has 38 heavy (non-hydrogen) atoms. The predicted molar refractivity (Wildman–Crippen MR) is 153 cm³/mol. The SMILES string of the molecule is C=C/C(=C\c1cc(-c2cnn(C)c2)ccc1C)C(=O)Nc1cc(NC(=O)CN2CCCC[C@@H]2C)cnc1C. The predicted octanol–water partition coefficient (Wildman–Crippen LogP) is 5.12. The molecule has 1 saturated heterocycles. The van der Waals surface area contributed by atoms with Crippen LogP contribution in [0.1, 0.15) is 43.0 Å². The average molecular weight is 513 g/mol. The number of pyridine rings is 1. The highest BCUT2D eigenvalue weighted by Gasteiger charge is 2.21. The Morgan fingerprint density at radius 1 is 1.13 bits per heavy atom. The molecule has 1 fully saturated rings. The normalized spacial score (nSPS) is 16.2. The molecule has 2 amide bonds. The minimum Gasteiger partial charge on any atom is -0.324 e. The number of carbonyl (C=O) groups is 2. The van der Waals surface area contributed by atoms with Gasteiger partial charge >= 0.3 is 0 Å². The average Bonchev–Trinajstić information content (AvgIpc) is 3.33. The first-order chi connectivity index (χ1) is 18.2. The van der Waals surface area contributed by atoms with Gasteiger partial charge in [0.05, 0.1) is 36.0 Å². The summed E-state index contributed by atoms with van der Waals surface area (Å²) >= 11 is 0. The van der Waals surface area contributed by atoms with Gasteiger partial charge in [0.2, 0.25) is 5.91 Å². The molecule has 2 aromatic heterocycles. The highest BCUT2D eigenvalue weighted by Crippen LogP contribution is 2.25. The molecule has 2 N–H and O–H groups in total. The molecule has 0 spiro atoms. The zero-order valence-corrected chi connectivity index (χ0v) is 22.6. The summed E-state index contributed by atoms with van der Waals surface area (Å²) in [5, 5.41) is 10.1. The van der Waals surface area contributed by atoms with Gasteiger partial charge in [-0.1, -0.05) is 31.2 Å². The van der Waals surface area contributed by atoms with Gasteiger partial charge in [-0.2, -0.15) is 5.10 Å². The van der Waals surface area contributed by atoms with Gasteiger partial charge in [-0.15, -0.1) is 0 Å². The Balaban J connectivity index is 1.48. The number of aromatic nitrogens is 3. The monoisotopic (exact) mass is 512 g/mol. The molecule has 1 aliphatic rings. The zero-order valence-electron chi connectivity index (χ0n) is 22.6. The van der Waals surface area contributed by atoms with E-state index in [1.165, 1.54) is 6.42 Å². The van der Waals surface area contributed by atoms with Gasteiger partial charge in [-0.25, -0.2) is 0 Å². The number of nitrogens with one attached hydrogen (secondary N) is 2. The molecule has 0 aliphatic carbocycles. The third-order valence-electron chi connectivity index (χ3n) is 7.02. The molecule has 3 aromatic rings. The lowest BCUT2D eigenvalue weighted by molar-refractivity contribution is -0.118. The summed E-state index contributed by atoms with van der Waals surface area (Å²) in [6.07, 6.45) is 12.2. The summed E-state index contributed by atoms with van der Waals surface area (Å²) in [6, 6.07) is 8.25. The van der Waals surface area contributed by atoms with Gasteiger partial charge in [-0.05, 0) is 75.1 Å². The molecule has 8 nitrogen and oxygen atoms in total. The number of nitrogens with zero attached hydrogens (tertiary/aromatic N) is 4. The van der Waals surface area contributed by atoms with Crippen molar-refractivity contribution in [2.45, 2.75) is 46.1 Å². The summed E-state index contributed by atoms with van der Waals surface area (Å²) in [5.74, 6) is -0.390. The maximum atomic E-state index is 13.2. The lowest BCUT2D eigenvalue weighted by Gasteiger charge is -2.32. The van der Waals surface area contributed by atoms with Crippen molar-refractivity contribution in [3.05, 3.63) is 77.9 Å². The van der Waals surface area contributed by atoms with E-state index in [4.69, 9.17) is 0 Å². The summed E-state index contributed by atoms with van der Waals surface area (Å²) in [5.41, 5.74) is 6.12. The first-order valence-electron chi connectivity index (χ1n) is 13.0. The van der Waals surface area contributed by atoms with E-state index in [9.17, 15) is 9.59 Å². The Kier molecular flexibility index (Phi) is 8.53. The number of anilines is 2. The molecular weight excluding hydrogens is 476 g/mol. The number of aryl methyl sites for hydroxylation is 3. The van der Waals surface area contributed by atoms with Crippen molar-refractivity contribution in [1.29, 1.82) is 0 Å². The van der Waals surface area contributed by atoms with E-state index in [-0.39, 0.29) is 11.8 Å². The molecular formula is C30H36N6O2. The minimum atomic E-state index is -0.304. The fraction of sp³-hybridized carbons (Fsp3) is 0.333. The number of hydrogen-bond acceptors (Lipinski definition) is 5. The van der Waals surface area contributed by atoms with Gasteiger partial charge in [0, 0.05) is 30.4 Å². The van der Waals surface area contributed by atoms with Crippen LogP contribution in [-0.2, 0) is 16.6 Å². The number of likely N-dealkylation sites (tertiary alicyclic amines) is 1. The smallest absolute Gasteiger partial charge is 0.255 e. The zero-order chi connectivity index (χ0) is 27.2. The van der Waals surface area contributed by atoms with Crippen molar-refractivity contribution in [3.8, 4) is 11.1 Å². The van der Waals surface area contributed by atoms with Crippen LogP contribution in [0.3, 0.4) is 0 Å². The molecule has 3 heterocycles. The number of hydrogen-bond donors (Lipinski definition) is 2. The summed E-state index contributed by atoms with van der Waals surface area (Å²) in [4.78, 5) is 32.5. The van der Waals surface area contributed by atoms with Crippen LogP contribution in [0, 0.1) is 13.8 Å². The molecule has 1 aromatic carbocycles. The van der Waals surface area contributed by atoms with E-state index in [1.54, 1.807) is 23.0 Å². The minimum absolute atomic E-state index is 0.0858. The van der Waals surface area contributed by atoms with E-state index in [2.05, 4.69) is 39.1 Å². The molecule has 198 valence electrons. The fourth-order valence-electron chi connectivity index (χ4n) is 4.63. The number of carbonyl (C=O) groups excluding carboxylic acids is 2. The van der Waals surface area contributed by atoms with Crippen molar-refractivity contribution < 1.29 is 9.59 Å². The van der Waals surface area contributed by atoms with E-state index in [1.807, 2.05) is 57.6 Å². The Bertz CT molecular complexity index is 1370. The van der Waals surface area contributed by atoms with Gasteiger partial charge in [-0.3, -0.25) is 24.2 Å². The summed E-state index contributed by atoms with van der Waals surface area (Å²) in [6.45, 7) is 11.1. The maximum Gasteiger partial charge on any atom is 0.255 e. The highest BCUT2D eigenvalue weighted by molar-refractivity contribution is 6.09. The quantitative estimate of drug-likeness (QED) is 0.323. The van der Waals surface area contributed by atoms with E-state index in [0.717, 1.165) is 41.6 Å². The Morgan fingerprint density at radius 2 is 1.95 bits per heavy atom. The topological polar surface area (TPSA) is 92.2 Å². The second-order valence-electron chi connectivity index (χ2n) is 9.95. The van der Waals surface area contributed by atoms with Crippen LogP contribution < -0.4 is 10.6 Å². The number of rotatable bonds is 8. The lowest BCUT2D eigenvalue weighted by atomic mass is 9.99. The molecule has 8 heteroatoms. The molecule has 0 unspecified atom stereocenters. The van der Waals surface area contributed by atoms with E-state index in [0.29, 0.717) is 35.2 Å². The molecule has 0 radical (unpaired) electrons. The molecule has 1 atom stereocenters. The van der Waals surface area contributed by atoms with Crippen molar-refractivity contribution >= 4 is 29.3 Å². The third kappa shape index (κ3) is 6.63. The summed E-state index contributed by atoms with van der Waals surface area (Å²) in [7, 11) is 1.88. The van der Waals surface area contributed by atoms with Crippen LogP contribution in [0.2, 0.25) is 0 Å². The van der Waals surface area contributed by atoms with Gasteiger partial charge in [0.1, 0.15) is 0 Å². The van der Waals surface area contributed by atoms with Crippen molar-refractivity contribution in [1.82, 2.24) is 19.7 Å². The van der Waals surface area contributed by atoms with Crippen LogP contribution in [0.25, 0.3) is 17.2 Å². The van der Waals surface area contributed by atoms with Gasteiger partial charge in [0.25, 0.3) is 5.91 Å². The maximum absolute atomic E-state index is 13.2. The molecule has 0 saturated carbocycles. The van der Waals surface area contributed by atoms with Gasteiger partial charge in [0.15, 0.2) is 0 Å². The van der Waals surface area contributed by atoms with Crippen LogP contribution in [0.15, 0.2) is 61.1 Å². The van der Waals surface area contributed by atoms with Crippen LogP contribution in [-0.4, -0.2) is 50.6 Å². The van der Waals surface area contributed by atoms with Crippen LogP contribution >= 0.6 is 0 Å². The van der Waals surface area contributed by atoms with Crippen molar-refractivity contribution in [2.24, 2.45) is 7.05 Å². The van der Waals surface area contributed by atoms with Crippen LogP contribution in [0.4, 0.5) is 11.4 Å². The van der Waals surface area contributed by atoms with Gasteiger partial charge < -0.3 is 10.6 Å². The first kappa shape index (κ1) is 27.0. The number of benzene rings is 1. The van der Waals surface area contributed by atoms with Crippen molar-refractivity contribution in [2.75, 3.05) is 23.7 Å². The van der Waals surface area contributed by atoms with E-state index < -0.39 is 0 Å². The Morgan fingerprint density at radius 3 is 2.66 bits per heavy atom. The largest absolute Gasteiger partial charge is 0.324 e. The Labute approximate surface area is 224 Å². The standard InChI is InChI=1S/C30H36N6O2/c1-6-23(13-25-14-24(11-10-20(25)2)26-16-32-35(5)18-26)30(38)34-28-15-27(17-31-22(28)4)33-29(37)19-36-12-8-7-9-21(36)3/h6,10-11,13-18,21H,1,7-9,12,19H2,2-5H3,(H,33,37)(H,34,38)/b23-13+/t21-/m0/s1. The molecule has 0 bridgehead atoms. The number of piperidine rings is 1. The van der Waals surface area contributed by atoms with Crippen LogP contribution in [0.5, 0.6) is 0 Å². The van der Waals surface area contributed by atoms with Crippen molar-refractivity contribution in [3.63, 3.8) is 0 Å². The third-order valence-corrected chi connectivity index (χ3v) is 7.02. The van der Waals surface area contributed by atoms with E-state index >= 15 is 0 Å². The fourth-order valence-corrected chi connectivity index (χ4v) is 4.63. The molecule has 4 rings (SSSR count). The Hall–Kier alpha value is -4.04.